The van der Waals surface area contributed by atoms with Crippen molar-refractivity contribution in [3.05, 3.63) is 422 Å². The number of benzene rings is 13. The number of ether oxygens (including phenoxy) is 2. The third-order valence-corrected chi connectivity index (χ3v) is 26.2. The van der Waals surface area contributed by atoms with Crippen LogP contribution >= 0.6 is 54.3 Å². The molecule has 0 spiro atoms. The number of hydrogen-bond acceptors (Lipinski definition) is 4. The molecule has 488 valence electrons. The molecule has 3 heterocycles. The summed E-state index contributed by atoms with van der Waals surface area (Å²) in [7, 11) is -1.78. The first-order chi connectivity index (χ1) is 49.0. The Bertz CT molecular complexity index is 3810. The molecule has 99 heavy (non-hydrogen) atoms. The van der Waals surface area contributed by atoms with Crippen LogP contribution in [-0.4, -0.2) is 28.4 Å². The summed E-state index contributed by atoms with van der Waals surface area (Å²) < 4.78 is 12.0. The third-order valence-electron chi connectivity index (χ3n) is 15.6. The predicted molar refractivity (Wildman–Crippen MR) is 438 cm³/mol. The van der Waals surface area contributed by atoms with E-state index in [9.17, 15) is 0 Å². The number of aromatic amines is 1. The number of H-pyrrole nitrogens is 1. The van der Waals surface area contributed by atoms with Crippen molar-refractivity contribution in [3.63, 3.8) is 0 Å². The molecule has 0 radical (unpaired) electrons. The Labute approximate surface area is 603 Å². The molecule has 10 heteroatoms. The quantitative estimate of drug-likeness (QED) is 0.0923. The fraction of sp³-hybridized carbons (Fsp3) is 0.0562. The molecule has 16 rings (SSSR count). The van der Waals surface area contributed by atoms with E-state index in [-0.39, 0.29) is 6.29 Å². The molecule has 1 saturated heterocycles. The minimum absolute atomic E-state index is 0.256. The molecule has 0 bridgehead atoms. The number of aromatic nitrogens is 3. The summed E-state index contributed by atoms with van der Waals surface area (Å²) in [6.07, 6.45) is 0.719. The van der Waals surface area contributed by atoms with Crippen LogP contribution in [0, 0.1) is 10.6 Å². The Balaban J connectivity index is 0.000000121. The van der Waals surface area contributed by atoms with Crippen LogP contribution in [0.5, 0.6) is 0 Å². The van der Waals surface area contributed by atoms with E-state index in [0.29, 0.717) is 0 Å². The summed E-state index contributed by atoms with van der Waals surface area (Å²) in [5.41, 5.74) is 2.90. The molecular weight excluding hydrogens is 1390 g/mol. The number of aryl methyl sites for hydroxylation is 1. The average molecular weight is 1470 g/mol. The number of nitrogens with one attached hydrogen (secondary N) is 1. The van der Waals surface area contributed by atoms with Gasteiger partial charge in [0, 0.05) is 11.1 Å². The molecular formula is C89H78IN3O2P4. The molecule has 13 aromatic carbocycles. The van der Waals surface area contributed by atoms with Gasteiger partial charge in [-0.1, -0.05) is 388 Å². The fourth-order valence-electron chi connectivity index (χ4n) is 11.0. The van der Waals surface area contributed by atoms with Gasteiger partial charge in [-0.25, -0.2) is 0 Å². The van der Waals surface area contributed by atoms with E-state index in [1.165, 1.54) is 69.0 Å². The Morgan fingerprint density at radius 1 is 0.283 bits per heavy atom. The van der Waals surface area contributed by atoms with Crippen LogP contribution in [0.15, 0.2) is 406 Å². The van der Waals surface area contributed by atoms with Gasteiger partial charge in [0.15, 0.2) is 0 Å². The van der Waals surface area contributed by atoms with Gasteiger partial charge in [0.2, 0.25) is 6.29 Å². The van der Waals surface area contributed by atoms with Crippen molar-refractivity contribution in [1.29, 1.82) is 0 Å². The first kappa shape index (κ1) is 71.1. The molecule has 5 nitrogen and oxygen atoms in total. The molecule has 0 atom stereocenters. The lowest BCUT2D eigenvalue weighted by Crippen LogP contribution is -2.20. The molecule has 0 amide bonds. The van der Waals surface area contributed by atoms with Crippen molar-refractivity contribution in [1.82, 2.24) is 15.2 Å². The zero-order valence-corrected chi connectivity index (χ0v) is 61.0. The fourth-order valence-corrected chi connectivity index (χ4v) is 20.8. The summed E-state index contributed by atoms with van der Waals surface area (Å²) in [4.78, 5) is 4.35. The summed E-state index contributed by atoms with van der Waals surface area (Å²) in [6, 6.07) is 143. The highest BCUT2D eigenvalue weighted by molar-refractivity contribution is 14.1. The van der Waals surface area contributed by atoms with Crippen molar-refractivity contribution in [2.45, 2.75) is 19.6 Å². The molecule has 1 aliphatic heterocycles. The van der Waals surface area contributed by atoms with Gasteiger partial charge in [-0.3, -0.25) is 10.1 Å². The maximum atomic E-state index is 5.43. The van der Waals surface area contributed by atoms with Gasteiger partial charge in [-0.15, -0.1) is 0 Å². The van der Waals surface area contributed by atoms with Gasteiger partial charge in [0.25, 0.3) is 0 Å². The van der Waals surface area contributed by atoms with E-state index in [1.807, 2.05) is 43.3 Å². The lowest BCUT2D eigenvalue weighted by Gasteiger charge is -2.22. The van der Waals surface area contributed by atoms with Crippen molar-refractivity contribution < 1.29 is 9.47 Å². The minimum Gasteiger partial charge on any atom is -0.347 e. The standard InChI is InChI=1S/4C18H15P.C10H13NO2.C7H5IN2/c4*1-4-10-16(11-5-1)19(17-12-6-2-7-13-17)18-14-8-3-9-15-18;1-8-4-2-5-9(11-8)10-12-6-3-7-13-10;8-7-5-3-1-2-4-6(5)9-10-7/h4*1-15H;2,4-5,10H,3,6-7H2,1H3;1-4H,(H,9,10). The van der Waals surface area contributed by atoms with Crippen LogP contribution in [0.2, 0.25) is 0 Å². The maximum absolute atomic E-state index is 5.43. The van der Waals surface area contributed by atoms with E-state index in [4.69, 9.17) is 9.47 Å². The van der Waals surface area contributed by atoms with Gasteiger partial charge in [-0.2, -0.15) is 5.10 Å². The van der Waals surface area contributed by atoms with Crippen LogP contribution in [-0.2, 0) is 9.47 Å². The third kappa shape index (κ3) is 21.4. The lowest BCUT2D eigenvalue weighted by atomic mass is 10.3. The molecule has 1 fully saturated rings. The highest BCUT2D eigenvalue weighted by atomic mass is 127. The van der Waals surface area contributed by atoms with E-state index in [0.717, 1.165) is 40.2 Å². The summed E-state index contributed by atoms with van der Waals surface area (Å²) in [6.45, 7) is 3.49. The first-order valence-electron chi connectivity index (χ1n) is 33.1. The highest BCUT2D eigenvalue weighted by Crippen LogP contribution is 2.36. The van der Waals surface area contributed by atoms with Crippen LogP contribution in [0.3, 0.4) is 0 Å². The number of nitrogens with zero attached hydrogens (tertiary/aromatic N) is 2. The number of para-hydroxylation sites is 1. The topological polar surface area (TPSA) is 60.0 Å². The van der Waals surface area contributed by atoms with E-state index in [2.05, 4.69) is 408 Å². The summed E-state index contributed by atoms with van der Waals surface area (Å²) in [5.74, 6) is 0. The monoisotopic (exact) mass is 1470 g/mol. The zero-order chi connectivity index (χ0) is 67.7. The molecule has 0 saturated carbocycles. The molecule has 15 aromatic rings. The van der Waals surface area contributed by atoms with Gasteiger partial charge >= 0.3 is 0 Å². The lowest BCUT2D eigenvalue weighted by molar-refractivity contribution is -0.185. The minimum atomic E-state index is -0.446. The average Bonchev–Trinajstić information content (AvgIpc) is 1.69. The Morgan fingerprint density at radius 3 is 0.727 bits per heavy atom. The molecule has 0 unspecified atom stereocenters. The van der Waals surface area contributed by atoms with E-state index in [1.54, 1.807) is 0 Å². The second kappa shape index (κ2) is 39.4. The SMILES string of the molecule is Cc1cccc(C2OCCCO2)n1.Ic1[nH]nc2ccccc12.c1ccc(P(c2ccccc2)c2ccccc2)cc1.c1ccc(P(c2ccccc2)c2ccccc2)cc1.c1ccc(P(c2ccccc2)c2ccccc2)cc1.c1ccc(P(c2ccccc2)c2ccccc2)cc1. The molecule has 0 aliphatic carbocycles. The normalized spacial score (nSPS) is 11.7. The Kier molecular flexibility index (Phi) is 28.3. The summed E-state index contributed by atoms with van der Waals surface area (Å²) >= 11 is 2.24. The van der Waals surface area contributed by atoms with Crippen LogP contribution in [0.25, 0.3) is 10.9 Å². The smallest absolute Gasteiger partial charge is 0.201 e. The van der Waals surface area contributed by atoms with Crippen molar-refractivity contribution in [2.24, 2.45) is 0 Å². The maximum Gasteiger partial charge on any atom is 0.201 e. The second-order valence-corrected chi connectivity index (χ2v) is 32.5. The van der Waals surface area contributed by atoms with Crippen LogP contribution in [0.1, 0.15) is 24.1 Å². The molecule has 2 aromatic heterocycles. The second-order valence-electron chi connectivity index (χ2n) is 22.6. The number of pyridine rings is 1. The summed E-state index contributed by atoms with van der Waals surface area (Å²) in [5, 5.41) is 25.0. The van der Waals surface area contributed by atoms with Crippen LogP contribution in [0.4, 0.5) is 0 Å². The van der Waals surface area contributed by atoms with Gasteiger partial charge in [0.05, 0.1) is 24.4 Å². The number of halogens is 1. The van der Waals surface area contributed by atoms with Crippen molar-refractivity contribution in [2.75, 3.05) is 13.2 Å². The Hall–Kier alpha value is -9.15. The van der Waals surface area contributed by atoms with Crippen molar-refractivity contribution >= 4 is 129 Å². The number of rotatable bonds is 13. The predicted octanol–water partition coefficient (Wildman–Crippen LogP) is 17.8. The molecule has 1 N–H and O–H groups in total. The van der Waals surface area contributed by atoms with Gasteiger partial charge in [-0.05, 0) is 149 Å². The van der Waals surface area contributed by atoms with E-state index < -0.39 is 31.7 Å². The van der Waals surface area contributed by atoms with E-state index >= 15 is 0 Å². The number of hydrogen-bond donors (Lipinski definition) is 1. The van der Waals surface area contributed by atoms with Crippen LogP contribution < -0.4 is 63.7 Å². The number of fused-ring (bicyclic) bond motifs is 1. The van der Waals surface area contributed by atoms with Gasteiger partial charge in [0.1, 0.15) is 3.70 Å². The Morgan fingerprint density at radius 2 is 0.505 bits per heavy atom. The van der Waals surface area contributed by atoms with Gasteiger partial charge < -0.3 is 9.47 Å². The molecule has 1 aliphatic rings. The van der Waals surface area contributed by atoms with Crippen molar-refractivity contribution in [3.8, 4) is 0 Å². The first-order valence-corrected chi connectivity index (χ1v) is 39.5. The highest BCUT2D eigenvalue weighted by Gasteiger charge is 2.20. The largest absolute Gasteiger partial charge is 0.347 e. The zero-order valence-electron chi connectivity index (χ0n) is 55.3.